The predicted molar refractivity (Wildman–Crippen MR) is 85.3 cm³/mol. The van der Waals surface area contributed by atoms with Gasteiger partial charge in [-0.05, 0) is 30.2 Å². The molecule has 0 bridgehead atoms. The van der Waals surface area contributed by atoms with Crippen LogP contribution in [0.15, 0.2) is 29.3 Å². The number of pyridine rings is 1. The fourth-order valence-corrected chi connectivity index (χ4v) is 3.18. The van der Waals surface area contributed by atoms with E-state index in [1.807, 2.05) is 0 Å². The molecule has 0 aliphatic carbocycles. The van der Waals surface area contributed by atoms with Gasteiger partial charge in [-0.3, -0.25) is 4.98 Å². The van der Waals surface area contributed by atoms with Crippen molar-refractivity contribution in [3.63, 3.8) is 0 Å². The van der Waals surface area contributed by atoms with Crippen LogP contribution in [0.2, 0.25) is 5.02 Å². The third-order valence-electron chi connectivity index (χ3n) is 3.12. The van der Waals surface area contributed by atoms with Crippen molar-refractivity contribution in [2.24, 2.45) is 0 Å². The summed E-state index contributed by atoms with van der Waals surface area (Å²) in [5.74, 6) is -0.688. The van der Waals surface area contributed by atoms with Crippen LogP contribution in [0.3, 0.4) is 0 Å². The third kappa shape index (κ3) is 3.19. The summed E-state index contributed by atoms with van der Waals surface area (Å²) in [6.45, 7) is 1.76. The lowest BCUT2D eigenvalue weighted by Gasteiger charge is -2.14. The van der Waals surface area contributed by atoms with E-state index in [0.29, 0.717) is 32.5 Å². The molecule has 1 N–H and O–H groups in total. The van der Waals surface area contributed by atoms with Gasteiger partial charge in [-0.15, -0.1) is 0 Å². The quantitative estimate of drug-likeness (QED) is 0.865. The van der Waals surface area contributed by atoms with Crippen LogP contribution in [-0.2, 0) is 11.2 Å². The highest BCUT2D eigenvalue weighted by Crippen LogP contribution is 2.38. The minimum atomic E-state index is -1.28. The van der Waals surface area contributed by atoms with E-state index in [1.165, 1.54) is 19.6 Å². The number of aromatic carboxylic acids is 1. The zero-order valence-electron chi connectivity index (χ0n) is 12.2. The first-order valence-electron chi connectivity index (χ1n) is 6.26. The maximum Gasteiger partial charge on any atom is 0.337 e. The Hall–Kier alpha value is -1.76. The molecular weight excluding hydrogens is 326 g/mol. The zero-order valence-corrected chi connectivity index (χ0v) is 13.8. The number of ether oxygens (including phenoxy) is 1. The lowest BCUT2D eigenvalue weighted by molar-refractivity contribution is 0.0697. The number of halogens is 1. The first kappa shape index (κ1) is 16.6. The van der Waals surface area contributed by atoms with Gasteiger partial charge in [0, 0.05) is 29.1 Å². The van der Waals surface area contributed by atoms with Crippen molar-refractivity contribution in [1.82, 2.24) is 4.98 Å². The van der Waals surface area contributed by atoms with Crippen molar-refractivity contribution in [2.75, 3.05) is 13.4 Å². The normalized spacial score (nSPS) is 12.0. The molecule has 0 unspecified atom stereocenters. The molecule has 0 aliphatic heterocycles. The molecule has 1 atom stereocenters. The minimum absolute atomic E-state index is 0.0466. The smallest absolute Gasteiger partial charge is 0.337 e. The molecule has 116 valence electrons. The molecule has 0 amide bonds. The maximum atomic E-state index is 11.7. The first-order chi connectivity index (χ1) is 10.3. The first-order valence-corrected chi connectivity index (χ1v) is 8.20. The number of carboxylic acid groups (broad SMARTS) is 1. The minimum Gasteiger partial charge on any atom is -0.612 e. The van der Waals surface area contributed by atoms with Gasteiger partial charge in [-0.1, -0.05) is 11.6 Å². The highest BCUT2D eigenvalue weighted by atomic mass is 35.5. The van der Waals surface area contributed by atoms with Crippen molar-refractivity contribution < 1.29 is 19.2 Å². The summed E-state index contributed by atoms with van der Waals surface area (Å²) < 4.78 is 17.0. The molecule has 0 saturated heterocycles. The molecule has 7 heteroatoms. The van der Waals surface area contributed by atoms with Crippen molar-refractivity contribution in [3.8, 4) is 16.9 Å². The van der Waals surface area contributed by atoms with Gasteiger partial charge in [0.2, 0.25) is 0 Å². The molecule has 1 aromatic heterocycles. The number of hydrogen-bond acceptors (Lipinski definition) is 4. The largest absolute Gasteiger partial charge is 0.612 e. The summed E-state index contributed by atoms with van der Waals surface area (Å²) in [6, 6.07) is 4.79. The second-order valence-electron chi connectivity index (χ2n) is 4.61. The number of carbonyl (C=O) groups is 1. The highest BCUT2D eigenvalue weighted by molar-refractivity contribution is 7.90. The van der Waals surface area contributed by atoms with Crippen LogP contribution in [0.5, 0.6) is 5.75 Å². The Bertz CT molecular complexity index is 734. The standard InChI is InChI=1S/C15H14ClNO4S/c1-8-4-9(11(7-17-8)15(18)19)10-5-12(16)14(22(3)20)6-13(10)21-2/h4-7H,1-3H3,(H,18,19)/t22-/m0/s1. The van der Waals surface area contributed by atoms with Crippen LogP contribution in [0.25, 0.3) is 11.1 Å². The summed E-state index contributed by atoms with van der Waals surface area (Å²) >= 11 is 4.89. The zero-order chi connectivity index (χ0) is 16.4. The van der Waals surface area contributed by atoms with E-state index in [-0.39, 0.29) is 5.56 Å². The average Bonchev–Trinajstić information content (AvgIpc) is 2.46. The Balaban J connectivity index is 2.75. The highest BCUT2D eigenvalue weighted by Gasteiger charge is 2.21. The number of rotatable bonds is 4. The summed E-state index contributed by atoms with van der Waals surface area (Å²) in [5.41, 5.74) is 1.68. The predicted octanol–water partition coefficient (Wildman–Crippen LogP) is 3.15. The second-order valence-corrected chi connectivity index (χ2v) is 6.37. The van der Waals surface area contributed by atoms with Gasteiger partial charge in [0.05, 0.1) is 17.7 Å². The fourth-order valence-electron chi connectivity index (χ4n) is 2.09. The molecule has 0 fully saturated rings. The fraction of sp³-hybridized carbons (Fsp3) is 0.200. The molecule has 2 rings (SSSR count). The Kier molecular flexibility index (Phi) is 4.95. The van der Waals surface area contributed by atoms with Crippen molar-refractivity contribution in [3.05, 3.63) is 40.7 Å². The molecule has 1 aromatic carbocycles. The number of benzene rings is 1. The topological polar surface area (TPSA) is 82.5 Å². The molecule has 22 heavy (non-hydrogen) atoms. The Labute approximate surface area is 136 Å². The molecular formula is C15H14ClNO4S. The van der Waals surface area contributed by atoms with Gasteiger partial charge in [0.1, 0.15) is 12.0 Å². The Morgan fingerprint density at radius 3 is 2.59 bits per heavy atom. The van der Waals surface area contributed by atoms with Gasteiger partial charge >= 0.3 is 5.97 Å². The number of methoxy groups -OCH3 is 1. The Morgan fingerprint density at radius 2 is 2.05 bits per heavy atom. The van der Waals surface area contributed by atoms with Crippen LogP contribution in [0, 0.1) is 6.92 Å². The van der Waals surface area contributed by atoms with E-state index < -0.39 is 17.1 Å². The molecule has 2 aromatic rings. The van der Waals surface area contributed by atoms with Crippen LogP contribution < -0.4 is 4.74 Å². The summed E-state index contributed by atoms with van der Waals surface area (Å²) in [6.07, 6.45) is 2.81. The number of carboxylic acids is 1. The molecule has 0 spiro atoms. The van der Waals surface area contributed by atoms with Gasteiger partial charge in [0.15, 0.2) is 4.90 Å². The Morgan fingerprint density at radius 1 is 1.36 bits per heavy atom. The average molecular weight is 340 g/mol. The molecule has 0 aliphatic rings. The van der Waals surface area contributed by atoms with Crippen LogP contribution in [-0.4, -0.2) is 34.0 Å². The molecule has 0 radical (unpaired) electrons. The van der Waals surface area contributed by atoms with Crippen LogP contribution >= 0.6 is 11.6 Å². The van der Waals surface area contributed by atoms with Crippen molar-refractivity contribution in [2.45, 2.75) is 11.8 Å². The SMILES string of the molecule is COc1cc([S@+](C)[O-])c(Cl)cc1-c1cc(C)ncc1C(=O)O. The molecule has 5 nitrogen and oxygen atoms in total. The van der Waals surface area contributed by atoms with E-state index in [2.05, 4.69) is 4.98 Å². The van der Waals surface area contributed by atoms with Crippen molar-refractivity contribution >= 4 is 28.7 Å². The van der Waals surface area contributed by atoms with Crippen LogP contribution in [0.1, 0.15) is 16.1 Å². The van der Waals surface area contributed by atoms with Gasteiger partial charge in [-0.2, -0.15) is 0 Å². The third-order valence-corrected chi connectivity index (χ3v) is 4.51. The molecule has 0 saturated carbocycles. The van der Waals surface area contributed by atoms with E-state index in [0.717, 1.165) is 0 Å². The van der Waals surface area contributed by atoms with E-state index >= 15 is 0 Å². The number of aryl methyl sites for hydroxylation is 1. The number of aromatic nitrogens is 1. The summed E-state index contributed by atoms with van der Waals surface area (Å²) in [5, 5.41) is 9.63. The van der Waals surface area contributed by atoms with E-state index in [9.17, 15) is 14.5 Å². The van der Waals surface area contributed by atoms with Gasteiger partial charge in [0.25, 0.3) is 0 Å². The van der Waals surface area contributed by atoms with Crippen LogP contribution in [0.4, 0.5) is 0 Å². The van der Waals surface area contributed by atoms with Crippen molar-refractivity contribution in [1.29, 1.82) is 0 Å². The maximum absolute atomic E-state index is 11.7. The number of hydrogen-bond donors (Lipinski definition) is 1. The summed E-state index contributed by atoms with van der Waals surface area (Å²) in [4.78, 5) is 15.8. The summed E-state index contributed by atoms with van der Waals surface area (Å²) in [7, 11) is 1.46. The lowest BCUT2D eigenvalue weighted by atomic mass is 9.99. The second kappa shape index (κ2) is 6.56. The van der Waals surface area contributed by atoms with E-state index in [4.69, 9.17) is 16.3 Å². The molecule has 1 heterocycles. The van der Waals surface area contributed by atoms with Gasteiger partial charge < -0.3 is 14.4 Å². The van der Waals surface area contributed by atoms with E-state index in [1.54, 1.807) is 25.1 Å². The number of nitrogens with zero attached hydrogens (tertiary/aromatic N) is 1. The lowest BCUT2D eigenvalue weighted by Crippen LogP contribution is -2.04. The van der Waals surface area contributed by atoms with Gasteiger partial charge in [-0.25, -0.2) is 4.79 Å². The monoisotopic (exact) mass is 339 g/mol.